The standard InChI is InChI=1S/C17H12N2O4S/c20-13-3-1-2-12(9-13)18-17-19-15(21)14(24-17)8-10-4-6-11(7-5-10)16(22)23/h1-9,20H,(H,22,23)(H,18,19,21)/b14-8+. The second kappa shape index (κ2) is 6.59. The zero-order chi connectivity index (χ0) is 17.1. The van der Waals surface area contributed by atoms with E-state index in [4.69, 9.17) is 5.11 Å². The Balaban J connectivity index is 1.80. The van der Waals surface area contributed by atoms with Crippen LogP contribution in [0.1, 0.15) is 15.9 Å². The lowest BCUT2D eigenvalue weighted by atomic mass is 10.1. The number of aliphatic imine (C=N–C) groups is 1. The smallest absolute Gasteiger partial charge is 0.335 e. The van der Waals surface area contributed by atoms with Crippen molar-refractivity contribution >= 4 is 40.6 Å². The largest absolute Gasteiger partial charge is 0.508 e. The number of carboxylic acids is 1. The molecule has 2 aromatic carbocycles. The summed E-state index contributed by atoms with van der Waals surface area (Å²) in [6.07, 6.45) is 1.66. The van der Waals surface area contributed by atoms with E-state index in [1.807, 2.05) is 0 Å². The molecule has 0 aromatic heterocycles. The van der Waals surface area contributed by atoms with E-state index in [-0.39, 0.29) is 17.2 Å². The Morgan fingerprint density at radius 2 is 1.92 bits per heavy atom. The van der Waals surface area contributed by atoms with Crippen LogP contribution in [0.3, 0.4) is 0 Å². The number of nitrogens with zero attached hydrogens (tertiary/aromatic N) is 1. The number of hydrogen-bond donors (Lipinski definition) is 3. The highest BCUT2D eigenvalue weighted by molar-refractivity contribution is 8.18. The number of aromatic carboxylic acids is 1. The van der Waals surface area contributed by atoms with Crippen molar-refractivity contribution < 1.29 is 19.8 Å². The highest BCUT2D eigenvalue weighted by Crippen LogP contribution is 2.28. The molecule has 6 nitrogen and oxygen atoms in total. The van der Waals surface area contributed by atoms with Gasteiger partial charge in [0.15, 0.2) is 5.17 Å². The molecule has 7 heteroatoms. The van der Waals surface area contributed by atoms with Gasteiger partial charge >= 0.3 is 5.97 Å². The first kappa shape index (κ1) is 15.8. The van der Waals surface area contributed by atoms with Crippen LogP contribution in [0.4, 0.5) is 5.69 Å². The van der Waals surface area contributed by atoms with Crippen LogP contribution in [-0.2, 0) is 4.79 Å². The van der Waals surface area contributed by atoms with Crippen molar-refractivity contribution in [2.24, 2.45) is 4.99 Å². The van der Waals surface area contributed by atoms with Gasteiger partial charge in [0.05, 0.1) is 16.2 Å². The summed E-state index contributed by atoms with van der Waals surface area (Å²) in [5.74, 6) is -1.18. The van der Waals surface area contributed by atoms with E-state index in [9.17, 15) is 14.7 Å². The van der Waals surface area contributed by atoms with Crippen LogP contribution in [0.5, 0.6) is 5.75 Å². The SMILES string of the molecule is O=C1NC(=Nc2cccc(O)c2)S/C1=C/c1ccc(C(=O)O)cc1. The summed E-state index contributed by atoms with van der Waals surface area (Å²) < 4.78 is 0. The van der Waals surface area contributed by atoms with E-state index in [0.29, 0.717) is 15.8 Å². The van der Waals surface area contributed by atoms with E-state index >= 15 is 0 Å². The minimum Gasteiger partial charge on any atom is -0.508 e. The molecule has 1 aliphatic rings. The van der Waals surface area contributed by atoms with Gasteiger partial charge in [0.1, 0.15) is 5.75 Å². The van der Waals surface area contributed by atoms with Crippen LogP contribution in [0.2, 0.25) is 0 Å². The number of aromatic hydroxyl groups is 1. The number of benzene rings is 2. The molecule has 0 unspecified atom stereocenters. The number of carboxylic acid groups (broad SMARTS) is 1. The fraction of sp³-hybridized carbons (Fsp3) is 0. The molecule has 1 saturated heterocycles. The quantitative estimate of drug-likeness (QED) is 0.746. The second-order valence-corrected chi connectivity index (χ2v) is 5.96. The van der Waals surface area contributed by atoms with E-state index in [1.54, 1.807) is 30.3 Å². The minimum absolute atomic E-state index is 0.0976. The van der Waals surface area contributed by atoms with Crippen LogP contribution in [0.15, 0.2) is 58.4 Å². The molecule has 0 saturated carbocycles. The monoisotopic (exact) mass is 340 g/mol. The van der Waals surface area contributed by atoms with Gasteiger partial charge in [-0.25, -0.2) is 9.79 Å². The number of carbonyl (C=O) groups is 2. The Hall–Kier alpha value is -3.06. The van der Waals surface area contributed by atoms with Crippen molar-refractivity contribution in [3.63, 3.8) is 0 Å². The third-order valence-electron chi connectivity index (χ3n) is 3.17. The molecule has 120 valence electrons. The minimum atomic E-state index is -0.997. The normalized spacial score (nSPS) is 17.2. The van der Waals surface area contributed by atoms with E-state index < -0.39 is 5.97 Å². The summed E-state index contributed by atoms with van der Waals surface area (Å²) in [5, 5.41) is 21.4. The number of phenolic OH excluding ortho intramolecular Hbond substituents is 1. The van der Waals surface area contributed by atoms with Gasteiger partial charge in [-0.1, -0.05) is 18.2 Å². The fourth-order valence-electron chi connectivity index (χ4n) is 2.03. The number of thioether (sulfide) groups is 1. The summed E-state index contributed by atoms with van der Waals surface area (Å²) in [7, 11) is 0. The number of amidine groups is 1. The molecule has 3 rings (SSSR count). The number of rotatable bonds is 3. The predicted octanol–water partition coefficient (Wildman–Crippen LogP) is 2.98. The molecular formula is C17H12N2O4S. The van der Waals surface area contributed by atoms with Gasteiger partial charge in [0.25, 0.3) is 5.91 Å². The van der Waals surface area contributed by atoms with Crippen LogP contribution in [0, 0.1) is 0 Å². The first-order chi connectivity index (χ1) is 11.5. The van der Waals surface area contributed by atoms with Gasteiger partial charge in [-0.05, 0) is 47.7 Å². The molecule has 24 heavy (non-hydrogen) atoms. The Bertz CT molecular complexity index is 872. The maximum Gasteiger partial charge on any atom is 0.335 e. The zero-order valence-electron chi connectivity index (χ0n) is 12.3. The highest BCUT2D eigenvalue weighted by atomic mass is 32.2. The number of carbonyl (C=O) groups excluding carboxylic acids is 1. The molecule has 1 amide bonds. The van der Waals surface area contributed by atoms with Crippen molar-refractivity contribution in [2.75, 3.05) is 0 Å². The molecule has 1 fully saturated rings. The first-order valence-corrected chi connectivity index (χ1v) is 7.75. The van der Waals surface area contributed by atoms with Crippen molar-refractivity contribution in [1.82, 2.24) is 5.32 Å². The van der Waals surface area contributed by atoms with Gasteiger partial charge in [0, 0.05) is 6.07 Å². The molecule has 1 aliphatic heterocycles. The lowest BCUT2D eigenvalue weighted by Gasteiger charge is -1.97. The van der Waals surface area contributed by atoms with E-state index in [2.05, 4.69) is 10.3 Å². The van der Waals surface area contributed by atoms with Gasteiger partial charge in [-0.15, -0.1) is 0 Å². The van der Waals surface area contributed by atoms with Crippen molar-refractivity contribution in [3.05, 3.63) is 64.6 Å². The summed E-state index contributed by atoms with van der Waals surface area (Å²) in [6, 6.07) is 12.6. The Morgan fingerprint density at radius 1 is 1.17 bits per heavy atom. The molecular weight excluding hydrogens is 328 g/mol. The van der Waals surface area contributed by atoms with E-state index in [0.717, 1.165) is 5.56 Å². The third kappa shape index (κ3) is 3.64. The highest BCUT2D eigenvalue weighted by Gasteiger charge is 2.23. The lowest BCUT2D eigenvalue weighted by Crippen LogP contribution is -2.19. The lowest BCUT2D eigenvalue weighted by molar-refractivity contribution is -0.115. The summed E-state index contributed by atoms with van der Waals surface area (Å²) in [6.45, 7) is 0. The average molecular weight is 340 g/mol. The van der Waals surface area contributed by atoms with Gasteiger partial charge in [-0.3, -0.25) is 4.79 Å². The Kier molecular flexibility index (Phi) is 4.35. The van der Waals surface area contributed by atoms with Crippen molar-refractivity contribution in [1.29, 1.82) is 0 Å². The Labute approximate surface area is 141 Å². The van der Waals surface area contributed by atoms with Gasteiger partial charge in [0.2, 0.25) is 0 Å². The first-order valence-electron chi connectivity index (χ1n) is 6.93. The van der Waals surface area contributed by atoms with Crippen LogP contribution in [0.25, 0.3) is 6.08 Å². The fourth-order valence-corrected chi connectivity index (χ4v) is 2.88. The summed E-state index contributed by atoms with van der Waals surface area (Å²) >= 11 is 1.18. The van der Waals surface area contributed by atoms with Crippen molar-refractivity contribution in [3.8, 4) is 5.75 Å². The average Bonchev–Trinajstić information content (AvgIpc) is 2.87. The third-order valence-corrected chi connectivity index (χ3v) is 4.08. The number of nitrogens with one attached hydrogen (secondary N) is 1. The second-order valence-electron chi connectivity index (χ2n) is 4.93. The molecule has 0 radical (unpaired) electrons. The maximum absolute atomic E-state index is 12.0. The number of amides is 1. The topological polar surface area (TPSA) is 99.0 Å². The van der Waals surface area contributed by atoms with Crippen LogP contribution >= 0.6 is 11.8 Å². The molecule has 1 heterocycles. The number of phenols is 1. The molecule has 0 bridgehead atoms. The van der Waals surface area contributed by atoms with E-state index in [1.165, 1.54) is 36.0 Å². The Morgan fingerprint density at radius 3 is 2.58 bits per heavy atom. The van der Waals surface area contributed by atoms with Crippen LogP contribution in [-0.4, -0.2) is 27.3 Å². The van der Waals surface area contributed by atoms with Gasteiger partial charge < -0.3 is 15.5 Å². The number of hydrogen-bond acceptors (Lipinski definition) is 5. The summed E-state index contributed by atoms with van der Waals surface area (Å²) in [5.41, 5.74) is 1.44. The summed E-state index contributed by atoms with van der Waals surface area (Å²) in [4.78, 5) is 27.6. The van der Waals surface area contributed by atoms with Crippen LogP contribution < -0.4 is 5.32 Å². The molecule has 0 aliphatic carbocycles. The molecule has 2 aromatic rings. The molecule has 3 N–H and O–H groups in total. The zero-order valence-corrected chi connectivity index (χ0v) is 13.1. The molecule has 0 atom stereocenters. The maximum atomic E-state index is 12.0. The van der Waals surface area contributed by atoms with Crippen molar-refractivity contribution in [2.45, 2.75) is 0 Å². The van der Waals surface area contributed by atoms with Gasteiger partial charge in [-0.2, -0.15) is 0 Å². The predicted molar refractivity (Wildman–Crippen MR) is 92.3 cm³/mol. The molecule has 0 spiro atoms.